The van der Waals surface area contributed by atoms with Gasteiger partial charge < -0.3 is 9.32 Å². The summed E-state index contributed by atoms with van der Waals surface area (Å²) in [6.07, 6.45) is 0. The zero-order valence-corrected chi connectivity index (χ0v) is 31.8. The number of benzene rings is 9. The predicted molar refractivity (Wildman–Crippen MR) is 243 cm³/mol. The Morgan fingerprint density at radius 2 is 0.789 bits per heavy atom. The SMILES string of the molecule is c1ccc(-c2ccc(-c3ccc(N(c4ccccc4)c4ccc(-c5cc6sc7ccccc7c6cc5-c5ccc6oc7ccccc7c6c5)cc4)cc3)cc2)cc1. The quantitative estimate of drug-likeness (QED) is 0.162. The molecule has 0 saturated carbocycles. The molecule has 0 unspecified atom stereocenters. The Balaban J connectivity index is 0.988. The lowest BCUT2D eigenvalue weighted by atomic mass is 9.92. The minimum absolute atomic E-state index is 0.905. The summed E-state index contributed by atoms with van der Waals surface area (Å²) in [4.78, 5) is 2.33. The van der Waals surface area contributed by atoms with Crippen LogP contribution in [0, 0.1) is 0 Å². The van der Waals surface area contributed by atoms with Crippen molar-refractivity contribution in [1.29, 1.82) is 0 Å². The maximum atomic E-state index is 6.23. The second-order valence-electron chi connectivity index (χ2n) is 14.5. The highest BCUT2D eigenvalue weighted by Crippen LogP contribution is 2.44. The van der Waals surface area contributed by atoms with Crippen LogP contribution in [0.25, 0.3) is 86.6 Å². The highest BCUT2D eigenvalue weighted by molar-refractivity contribution is 7.25. The van der Waals surface area contributed by atoms with Crippen LogP contribution in [0.5, 0.6) is 0 Å². The maximum absolute atomic E-state index is 6.23. The van der Waals surface area contributed by atoms with E-state index in [2.05, 4.69) is 205 Å². The molecule has 57 heavy (non-hydrogen) atoms. The summed E-state index contributed by atoms with van der Waals surface area (Å²) in [5, 5.41) is 4.85. The van der Waals surface area contributed by atoms with Gasteiger partial charge in [-0.1, -0.05) is 140 Å². The van der Waals surface area contributed by atoms with E-state index in [4.69, 9.17) is 4.42 Å². The predicted octanol–water partition coefficient (Wildman–Crippen LogP) is 16.1. The fourth-order valence-electron chi connectivity index (χ4n) is 8.25. The van der Waals surface area contributed by atoms with Crippen LogP contribution < -0.4 is 4.90 Å². The Hall–Kier alpha value is -7.20. The second kappa shape index (κ2) is 13.8. The van der Waals surface area contributed by atoms with Crippen molar-refractivity contribution >= 4 is 70.5 Å². The van der Waals surface area contributed by atoms with Crippen LogP contribution in [0.15, 0.2) is 217 Å². The molecule has 0 spiro atoms. The molecule has 11 rings (SSSR count). The summed E-state index contributed by atoms with van der Waals surface area (Å²) in [6.45, 7) is 0. The average Bonchev–Trinajstić information content (AvgIpc) is 3.85. The Morgan fingerprint density at radius 3 is 1.49 bits per heavy atom. The van der Waals surface area contributed by atoms with Crippen LogP contribution in [-0.4, -0.2) is 0 Å². The molecule has 0 amide bonds. The van der Waals surface area contributed by atoms with Gasteiger partial charge in [0, 0.05) is 48.0 Å². The first kappa shape index (κ1) is 33.2. The number of hydrogen-bond donors (Lipinski definition) is 0. The minimum atomic E-state index is 0.905. The van der Waals surface area contributed by atoms with E-state index in [9.17, 15) is 0 Å². The number of anilines is 3. The van der Waals surface area contributed by atoms with E-state index >= 15 is 0 Å². The van der Waals surface area contributed by atoms with Gasteiger partial charge in [0.15, 0.2) is 0 Å². The van der Waals surface area contributed by atoms with Gasteiger partial charge in [0.1, 0.15) is 11.2 Å². The first-order chi connectivity index (χ1) is 28.2. The third-order valence-corrected chi connectivity index (χ3v) is 12.2. The third-order valence-electron chi connectivity index (χ3n) is 11.1. The van der Waals surface area contributed by atoms with Crippen LogP contribution in [0.4, 0.5) is 17.1 Å². The van der Waals surface area contributed by atoms with Gasteiger partial charge in [-0.3, -0.25) is 0 Å². The van der Waals surface area contributed by atoms with Gasteiger partial charge in [-0.15, -0.1) is 11.3 Å². The zero-order valence-electron chi connectivity index (χ0n) is 31.0. The topological polar surface area (TPSA) is 16.4 Å². The standard InChI is InChI=1S/C54H35NOS/c1-3-11-36(12-4-1)37-19-21-38(22-20-37)39-23-28-43(29-24-39)55(42-13-5-2-6-14-42)44-30-25-40(26-31-44)48-35-54-50(46-16-8-10-18-53(46)57-54)34-47(48)41-27-32-52-49(33-41)45-15-7-9-17-51(45)56-52/h1-35H. The number of thiophene rings is 1. The number of fused-ring (bicyclic) bond motifs is 6. The molecule has 0 fully saturated rings. The molecule has 268 valence electrons. The average molecular weight is 746 g/mol. The first-order valence-corrected chi connectivity index (χ1v) is 20.1. The minimum Gasteiger partial charge on any atom is -0.456 e. The molecule has 0 aliphatic carbocycles. The van der Waals surface area contributed by atoms with Crippen molar-refractivity contribution < 1.29 is 4.42 Å². The summed E-state index contributed by atoms with van der Waals surface area (Å²) >= 11 is 1.86. The van der Waals surface area contributed by atoms with E-state index in [1.807, 2.05) is 23.5 Å². The van der Waals surface area contributed by atoms with E-state index in [-0.39, 0.29) is 0 Å². The fourth-order valence-corrected chi connectivity index (χ4v) is 9.37. The monoisotopic (exact) mass is 745 g/mol. The maximum Gasteiger partial charge on any atom is 0.135 e. The molecule has 2 heterocycles. The Kier molecular flexibility index (Phi) is 8.04. The van der Waals surface area contributed by atoms with Gasteiger partial charge >= 0.3 is 0 Å². The lowest BCUT2D eigenvalue weighted by Crippen LogP contribution is -2.09. The van der Waals surface area contributed by atoms with Crippen LogP contribution in [0.3, 0.4) is 0 Å². The van der Waals surface area contributed by atoms with Crippen LogP contribution in [-0.2, 0) is 0 Å². The molecule has 2 nitrogen and oxygen atoms in total. The Labute approximate surface area is 335 Å². The van der Waals surface area contributed by atoms with Crippen LogP contribution in [0.1, 0.15) is 0 Å². The van der Waals surface area contributed by atoms with Crippen molar-refractivity contribution in [3.05, 3.63) is 212 Å². The van der Waals surface area contributed by atoms with Gasteiger partial charge in [-0.25, -0.2) is 0 Å². The van der Waals surface area contributed by atoms with Crippen molar-refractivity contribution in [2.45, 2.75) is 0 Å². The summed E-state index contributed by atoms with van der Waals surface area (Å²) in [5.74, 6) is 0. The van der Waals surface area contributed by atoms with Crippen molar-refractivity contribution in [1.82, 2.24) is 0 Å². The third kappa shape index (κ3) is 5.97. The number of hydrogen-bond acceptors (Lipinski definition) is 3. The first-order valence-electron chi connectivity index (χ1n) is 19.3. The molecule has 0 saturated heterocycles. The van der Waals surface area contributed by atoms with E-state index in [1.54, 1.807) is 0 Å². The van der Waals surface area contributed by atoms with E-state index in [1.165, 1.54) is 64.7 Å². The molecular weight excluding hydrogens is 711 g/mol. The smallest absolute Gasteiger partial charge is 0.135 e. The Bertz CT molecular complexity index is 3200. The lowest BCUT2D eigenvalue weighted by Gasteiger charge is -2.26. The highest BCUT2D eigenvalue weighted by atomic mass is 32.1. The van der Waals surface area contributed by atoms with Crippen molar-refractivity contribution in [3.63, 3.8) is 0 Å². The molecule has 2 aromatic heterocycles. The molecule has 0 radical (unpaired) electrons. The molecule has 3 heteroatoms. The van der Waals surface area contributed by atoms with Crippen molar-refractivity contribution in [2.24, 2.45) is 0 Å². The molecule has 0 N–H and O–H groups in total. The van der Waals surface area contributed by atoms with Gasteiger partial charge in [0.05, 0.1) is 0 Å². The Morgan fingerprint density at radius 1 is 0.298 bits per heavy atom. The molecule has 0 atom stereocenters. The largest absolute Gasteiger partial charge is 0.456 e. The summed E-state index contributed by atoms with van der Waals surface area (Å²) < 4.78 is 8.82. The van der Waals surface area contributed by atoms with Crippen molar-refractivity contribution in [3.8, 4) is 44.5 Å². The summed E-state index contributed by atoms with van der Waals surface area (Å²) in [7, 11) is 0. The van der Waals surface area contributed by atoms with Crippen LogP contribution >= 0.6 is 11.3 Å². The van der Waals surface area contributed by atoms with E-state index < -0.39 is 0 Å². The molecule has 11 aromatic rings. The summed E-state index contributed by atoms with van der Waals surface area (Å²) in [6, 6.07) is 76.4. The van der Waals surface area contributed by atoms with E-state index in [0.29, 0.717) is 0 Å². The number of nitrogens with zero attached hydrogens (tertiary/aromatic N) is 1. The lowest BCUT2D eigenvalue weighted by molar-refractivity contribution is 0.669. The normalized spacial score (nSPS) is 11.5. The number of para-hydroxylation sites is 2. The zero-order chi connectivity index (χ0) is 37.7. The summed E-state index contributed by atoms with van der Waals surface area (Å²) in [5.41, 5.74) is 14.7. The van der Waals surface area contributed by atoms with Gasteiger partial charge in [-0.2, -0.15) is 0 Å². The molecule has 0 aliphatic rings. The van der Waals surface area contributed by atoms with Gasteiger partial charge in [-0.05, 0) is 117 Å². The molecule has 0 aliphatic heterocycles. The molecular formula is C54H35NOS. The number of rotatable bonds is 7. The highest BCUT2D eigenvalue weighted by Gasteiger charge is 2.18. The fraction of sp³-hybridized carbons (Fsp3) is 0. The van der Waals surface area contributed by atoms with Crippen LogP contribution in [0.2, 0.25) is 0 Å². The molecule has 9 aromatic carbocycles. The number of furan rings is 1. The van der Waals surface area contributed by atoms with Crippen molar-refractivity contribution in [2.75, 3.05) is 4.90 Å². The van der Waals surface area contributed by atoms with E-state index in [0.717, 1.165) is 39.0 Å². The molecule has 0 bridgehead atoms. The van der Waals surface area contributed by atoms with Gasteiger partial charge in [0.2, 0.25) is 0 Å². The van der Waals surface area contributed by atoms with Gasteiger partial charge in [0.25, 0.3) is 0 Å². The second-order valence-corrected chi connectivity index (χ2v) is 15.6.